The van der Waals surface area contributed by atoms with Crippen LogP contribution in [0, 0.1) is 5.92 Å². The average Bonchev–Trinajstić information content (AvgIpc) is 2.83. The topological polar surface area (TPSA) is 59.1 Å². The van der Waals surface area contributed by atoms with Crippen molar-refractivity contribution >= 4 is 9.84 Å². The first-order valence-electron chi connectivity index (χ1n) is 12.6. The largest absolute Gasteiger partial charge is 0.384 e. The summed E-state index contributed by atoms with van der Waals surface area (Å²) in [6.07, 6.45) is 11.9. The lowest BCUT2D eigenvalue weighted by atomic mass is 9.90. The van der Waals surface area contributed by atoms with Gasteiger partial charge < -0.3 is 5.32 Å². The summed E-state index contributed by atoms with van der Waals surface area (Å²) in [5.74, 6) is 0.470. The molecule has 0 saturated carbocycles. The highest BCUT2D eigenvalue weighted by molar-refractivity contribution is 7.91. The molecule has 2 rings (SSSR count). The summed E-state index contributed by atoms with van der Waals surface area (Å²) < 4.78 is 26.5. The molecule has 0 spiro atoms. The number of nitrogens with one attached hydrogen (secondary N) is 1. The van der Waals surface area contributed by atoms with Gasteiger partial charge in [-0.3, -0.25) is 4.98 Å². The van der Waals surface area contributed by atoms with Gasteiger partial charge in [0.1, 0.15) is 0 Å². The summed E-state index contributed by atoms with van der Waals surface area (Å²) in [6.45, 7) is 13.4. The Bertz CT molecular complexity index is 1040. The summed E-state index contributed by atoms with van der Waals surface area (Å²) in [5, 5.41) is 3.42. The van der Waals surface area contributed by atoms with Crippen LogP contribution >= 0.6 is 0 Å². The van der Waals surface area contributed by atoms with E-state index in [1.807, 2.05) is 44.3 Å². The SMILES string of the molecule is C=C(/C=C(\C)NCc1cccnc1)C(CCC)CCCS(=O)(=O)c1cc(CCC)ccc1CC. The fourth-order valence-electron chi connectivity index (χ4n) is 4.31. The highest BCUT2D eigenvalue weighted by Gasteiger charge is 2.20. The van der Waals surface area contributed by atoms with Crippen molar-refractivity contribution in [3.8, 4) is 0 Å². The lowest BCUT2D eigenvalue weighted by Crippen LogP contribution is -2.14. The van der Waals surface area contributed by atoms with Gasteiger partial charge in [0.2, 0.25) is 0 Å². The number of benzene rings is 1. The number of rotatable bonds is 15. The van der Waals surface area contributed by atoms with Gasteiger partial charge in [0, 0.05) is 24.6 Å². The molecule has 0 fully saturated rings. The van der Waals surface area contributed by atoms with E-state index >= 15 is 0 Å². The van der Waals surface area contributed by atoms with Crippen LogP contribution in [0.25, 0.3) is 0 Å². The molecule has 0 amide bonds. The van der Waals surface area contributed by atoms with Crippen LogP contribution in [0.5, 0.6) is 0 Å². The Morgan fingerprint density at radius 3 is 2.56 bits per heavy atom. The van der Waals surface area contributed by atoms with E-state index in [0.29, 0.717) is 11.3 Å². The minimum absolute atomic E-state index is 0.186. The molecule has 0 saturated heterocycles. The maximum atomic E-state index is 13.2. The molecular weight excluding hydrogens is 440 g/mol. The molecule has 1 N–H and O–H groups in total. The highest BCUT2D eigenvalue weighted by Crippen LogP contribution is 2.26. The van der Waals surface area contributed by atoms with Gasteiger partial charge in [0.05, 0.1) is 10.6 Å². The van der Waals surface area contributed by atoms with Crippen molar-refractivity contribution in [1.82, 2.24) is 10.3 Å². The van der Waals surface area contributed by atoms with E-state index in [2.05, 4.69) is 42.9 Å². The zero-order valence-corrected chi connectivity index (χ0v) is 22.3. The predicted octanol–water partition coefficient (Wildman–Crippen LogP) is 6.82. The Morgan fingerprint density at radius 1 is 1.12 bits per heavy atom. The minimum atomic E-state index is -3.31. The average molecular weight is 483 g/mol. The number of aromatic nitrogens is 1. The summed E-state index contributed by atoms with van der Waals surface area (Å²) in [4.78, 5) is 4.68. The Kier molecular flexibility index (Phi) is 11.5. The van der Waals surface area contributed by atoms with Crippen LogP contribution in [0.2, 0.25) is 0 Å². The second-order valence-electron chi connectivity index (χ2n) is 9.11. The van der Waals surface area contributed by atoms with E-state index in [0.717, 1.165) is 73.0 Å². The third-order valence-electron chi connectivity index (χ3n) is 6.21. The molecule has 5 heteroatoms. The van der Waals surface area contributed by atoms with Gasteiger partial charge in [-0.25, -0.2) is 8.42 Å². The van der Waals surface area contributed by atoms with Gasteiger partial charge in [-0.15, -0.1) is 0 Å². The van der Waals surface area contributed by atoms with Crippen LogP contribution in [0.15, 0.2) is 71.5 Å². The number of hydrogen-bond acceptors (Lipinski definition) is 4. The van der Waals surface area contributed by atoms with Crippen LogP contribution in [-0.4, -0.2) is 19.2 Å². The van der Waals surface area contributed by atoms with Crippen molar-refractivity contribution < 1.29 is 8.42 Å². The molecule has 2 aromatic rings. The number of aryl methyl sites for hydroxylation is 2. The summed E-state index contributed by atoms with van der Waals surface area (Å²) in [7, 11) is -3.31. The molecular formula is C29H42N2O2S. The van der Waals surface area contributed by atoms with E-state index in [1.54, 1.807) is 6.20 Å². The summed E-state index contributed by atoms with van der Waals surface area (Å²) >= 11 is 0. The molecule has 1 atom stereocenters. The third kappa shape index (κ3) is 8.75. The second-order valence-corrected chi connectivity index (χ2v) is 11.2. The van der Waals surface area contributed by atoms with Crippen LogP contribution < -0.4 is 5.32 Å². The normalized spacial score (nSPS) is 13.0. The molecule has 34 heavy (non-hydrogen) atoms. The van der Waals surface area contributed by atoms with Gasteiger partial charge in [0.25, 0.3) is 0 Å². The van der Waals surface area contributed by atoms with Gasteiger partial charge in [-0.2, -0.15) is 0 Å². The molecule has 0 aliphatic carbocycles. The predicted molar refractivity (Wildman–Crippen MR) is 143 cm³/mol. The van der Waals surface area contributed by atoms with E-state index in [9.17, 15) is 8.42 Å². The lowest BCUT2D eigenvalue weighted by Gasteiger charge is -2.18. The van der Waals surface area contributed by atoms with E-state index in [1.165, 1.54) is 0 Å². The number of allylic oxidation sites excluding steroid dienone is 3. The molecule has 4 nitrogen and oxygen atoms in total. The summed E-state index contributed by atoms with van der Waals surface area (Å²) in [5.41, 5.74) is 5.28. The minimum Gasteiger partial charge on any atom is -0.384 e. The van der Waals surface area contributed by atoms with E-state index in [-0.39, 0.29) is 11.7 Å². The van der Waals surface area contributed by atoms with Gasteiger partial charge in [-0.1, -0.05) is 64.0 Å². The summed E-state index contributed by atoms with van der Waals surface area (Å²) in [6, 6.07) is 9.94. The van der Waals surface area contributed by atoms with Gasteiger partial charge in [0.15, 0.2) is 9.84 Å². The zero-order valence-electron chi connectivity index (χ0n) is 21.4. The molecule has 0 bridgehead atoms. The van der Waals surface area contributed by atoms with E-state index < -0.39 is 9.84 Å². The van der Waals surface area contributed by atoms with E-state index in [4.69, 9.17) is 0 Å². The molecule has 1 heterocycles. The van der Waals surface area contributed by atoms with Crippen molar-refractivity contribution in [2.75, 3.05) is 5.75 Å². The first-order valence-corrected chi connectivity index (χ1v) is 14.3. The maximum absolute atomic E-state index is 13.2. The standard InChI is InChI=1S/C29H42N2O2S/c1-6-11-25-15-16-27(8-3)29(20-25)34(32,33)18-10-14-28(12-7-2)23(4)19-24(5)31-22-26-13-9-17-30-21-26/h9,13,15-17,19-21,28,31H,4,6-8,10-12,14,18,22H2,1-3,5H3/b24-19+. The molecule has 0 radical (unpaired) electrons. The molecule has 0 aliphatic heterocycles. The molecule has 186 valence electrons. The maximum Gasteiger partial charge on any atom is 0.178 e. The highest BCUT2D eigenvalue weighted by atomic mass is 32.2. The van der Waals surface area contributed by atoms with Crippen LogP contribution in [0.1, 0.15) is 76.5 Å². The first-order chi connectivity index (χ1) is 16.3. The number of pyridine rings is 1. The quantitative estimate of drug-likeness (QED) is 0.283. The van der Waals surface area contributed by atoms with Crippen LogP contribution in [0.3, 0.4) is 0 Å². The Hall–Kier alpha value is -2.40. The molecule has 1 aromatic heterocycles. The fraction of sp³-hybridized carbons (Fsp3) is 0.483. The fourth-order valence-corrected chi connectivity index (χ4v) is 6.02. The van der Waals surface area contributed by atoms with Gasteiger partial charge in [-0.05, 0) is 79.8 Å². The van der Waals surface area contributed by atoms with Crippen molar-refractivity contribution in [2.24, 2.45) is 5.92 Å². The molecule has 0 aliphatic rings. The molecule has 1 unspecified atom stereocenters. The number of nitrogens with zero attached hydrogens (tertiary/aromatic N) is 1. The van der Waals surface area contributed by atoms with Crippen molar-refractivity contribution in [2.45, 2.75) is 84.1 Å². The Morgan fingerprint density at radius 2 is 1.91 bits per heavy atom. The van der Waals surface area contributed by atoms with Crippen molar-refractivity contribution in [3.63, 3.8) is 0 Å². The Balaban J connectivity index is 2.00. The van der Waals surface area contributed by atoms with Crippen molar-refractivity contribution in [1.29, 1.82) is 0 Å². The number of hydrogen-bond donors (Lipinski definition) is 1. The van der Waals surface area contributed by atoms with Gasteiger partial charge >= 0.3 is 0 Å². The lowest BCUT2D eigenvalue weighted by molar-refractivity contribution is 0.509. The first kappa shape index (κ1) is 27.8. The molecule has 1 aromatic carbocycles. The second kappa shape index (κ2) is 14.1. The third-order valence-corrected chi connectivity index (χ3v) is 8.09. The van der Waals surface area contributed by atoms with Crippen LogP contribution in [-0.2, 0) is 29.2 Å². The Labute approximate surface area is 207 Å². The smallest absolute Gasteiger partial charge is 0.178 e. The zero-order chi connectivity index (χ0) is 25.0. The monoisotopic (exact) mass is 482 g/mol. The van der Waals surface area contributed by atoms with Crippen LogP contribution in [0.4, 0.5) is 0 Å². The van der Waals surface area contributed by atoms with Crippen molar-refractivity contribution in [3.05, 3.63) is 83.3 Å². The number of sulfone groups is 1.